The quantitative estimate of drug-likeness (QED) is 0.813. The van der Waals surface area contributed by atoms with Gasteiger partial charge in [-0.15, -0.1) is 0 Å². The number of rotatable bonds is 7. The molecular weight excluding hydrogens is 242 g/mol. The van der Waals surface area contributed by atoms with Gasteiger partial charge in [0, 0.05) is 26.7 Å². The number of hydrogen-bond acceptors (Lipinski definition) is 3. The number of nitrogens with zero attached hydrogens (tertiary/aromatic N) is 2. The minimum absolute atomic E-state index is 0.170. The zero-order chi connectivity index (χ0) is 13.9. The lowest BCUT2D eigenvalue weighted by atomic mass is 10.2. The first-order chi connectivity index (χ1) is 9.27. The van der Waals surface area contributed by atoms with Crippen molar-refractivity contribution in [1.82, 2.24) is 10.2 Å². The summed E-state index contributed by atoms with van der Waals surface area (Å²) in [5.74, 6) is 0. The molecule has 0 saturated heterocycles. The van der Waals surface area contributed by atoms with Crippen LogP contribution < -0.4 is 5.32 Å². The van der Waals surface area contributed by atoms with E-state index in [0.29, 0.717) is 32.7 Å². The molecule has 1 aromatic rings. The molecule has 1 N–H and O–H groups in total. The Hall–Kier alpha value is -2.06. The Morgan fingerprint density at radius 3 is 2.74 bits per heavy atom. The van der Waals surface area contributed by atoms with E-state index in [1.807, 2.05) is 36.4 Å². The maximum Gasteiger partial charge on any atom is 0.317 e. The first-order valence-electron chi connectivity index (χ1n) is 6.20. The number of nitrogens with one attached hydrogen (secondary N) is 1. The Morgan fingerprint density at radius 2 is 2.11 bits per heavy atom. The number of benzene rings is 1. The predicted octanol–water partition coefficient (Wildman–Crippen LogP) is 1.76. The van der Waals surface area contributed by atoms with Crippen LogP contribution in [0.25, 0.3) is 0 Å². The van der Waals surface area contributed by atoms with E-state index in [9.17, 15) is 4.79 Å². The van der Waals surface area contributed by atoms with Crippen LogP contribution in [0, 0.1) is 11.3 Å². The van der Waals surface area contributed by atoms with E-state index in [-0.39, 0.29) is 6.03 Å². The van der Waals surface area contributed by atoms with Crippen LogP contribution in [0.4, 0.5) is 4.79 Å². The van der Waals surface area contributed by atoms with Gasteiger partial charge in [0.2, 0.25) is 0 Å². The summed E-state index contributed by atoms with van der Waals surface area (Å²) in [5.41, 5.74) is 1.04. The van der Waals surface area contributed by atoms with Crippen LogP contribution in [0.5, 0.6) is 0 Å². The average Bonchev–Trinajstić information content (AvgIpc) is 2.46. The molecule has 0 atom stereocenters. The summed E-state index contributed by atoms with van der Waals surface area (Å²) in [6, 6.07) is 11.6. The van der Waals surface area contributed by atoms with Gasteiger partial charge in [0.15, 0.2) is 0 Å². The fourth-order valence-electron chi connectivity index (χ4n) is 1.59. The minimum Gasteiger partial charge on any atom is -0.383 e. The van der Waals surface area contributed by atoms with E-state index in [2.05, 4.69) is 5.32 Å². The second-order valence-corrected chi connectivity index (χ2v) is 4.03. The topological polar surface area (TPSA) is 65.4 Å². The number of ether oxygens (including phenoxy) is 1. The van der Waals surface area contributed by atoms with Gasteiger partial charge in [-0.05, 0) is 5.56 Å². The lowest BCUT2D eigenvalue weighted by molar-refractivity contribution is 0.150. The van der Waals surface area contributed by atoms with Gasteiger partial charge < -0.3 is 15.0 Å². The maximum atomic E-state index is 12.0. The largest absolute Gasteiger partial charge is 0.383 e. The molecule has 102 valence electrons. The van der Waals surface area contributed by atoms with Gasteiger partial charge in [-0.3, -0.25) is 0 Å². The summed E-state index contributed by atoms with van der Waals surface area (Å²) in [6.45, 7) is 1.85. The van der Waals surface area contributed by atoms with Crippen molar-refractivity contribution in [2.24, 2.45) is 0 Å². The summed E-state index contributed by atoms with van der Waals surface area (Å²) < 4.78 is 4.96. The minimum atomic E-state index is -0.170. The van der Waals surface area contributed by atoms with Crippen molar-refractivity contribution in [2.45, 2.75) is 13.0 Å². The van der Waals surface area contributed by atoms with E-state index in [1.54, 1.807) is 12.0 Å². The number of urea groups is 1. The Balaban J connectivity index is 2.44. The fraction of sp³-hybridized carbons (Fsp3) is 0.429. The van der Waals surface area contributed by atoms with Crippen molar-refractivity contribution >= 4 is 6.03 Å². The highest BCUT2D eigenvalue weighted by molar-refractivity contribution is 5.74. The summed E-state index contributed by atoms with van der Waals surface area (Å²) in [6.07, 6.45) is 0.322. The molecular formula is C14H19N3O2. The maximum absolute atomic E-state index is 12.0. The molecule has 0 heterocycles. The van der Waals surface area contributed by atoms with E-state index in [1.165, 1.54) is 0 Å². The van der Waals surface area contributed by atoms with Crippen LogP contribution in [0.15, 0.2) is 30.3 Å². The number of hydrogen-bond donors (Lipinski definition) is 1. The Bertz CT molecular complexity index is 414. The predicted molar refractivity (Wildman–Crippen MR) is 72.4 cm³/mol. The molecule has 1 aromatic carbocycles. The molecule has 5 heteroatoms. The molecule has 0 aliphatic carbocycles. The van der Waals surface area contributed by atoms with Crippen LogP contribution in [-0.2, 0) is 11.3 Å². The van der Waals surface area contributed by atoms with Crippen molar-refractivity contribution in [3.8, 4) is 6.07 Å². The van der Waals surface area contributed by atoms with Gasteiger partial charge in [-0.25, -0.2) is 4.79 Å². The fourth-order valence-corrected chi connectivity index (χ4v) is 1.59. The van der Waals surface area contributed by atoms with Gasteiger partial charge in [0.05, 0.1) is 19.1 Å². The van der Waals surface area contributed by atoms with Crippen molar-refractivity contribution in [1.29, 1.82) is 5.26 Å². The summed E-state index contributed by atoms with van der Waals surface area (Å²) in [7, 11) is 1.59. The van der Waals surface area contributed by atoms with Crippen LogP contribution in [0.2, 0.25) is 0 Å². The van der Waals surface area contributed by atoms with Crippen LogP contribution in [-0.4, -0.2) is 37.7 Å². The molecule has 5 nitrogen and oxygen atoms in total. The first-order valence-corrected chi connectivity index (χ1v) is 6.20. The molecule has 1 rings (SSSR count). The van der Waals surface area contributed by atoms with Gasteiger partial charge in [-0.2, -0.15) is 5.26 Å². The standard InChI is InChI=1S/C14H19N3O2/c1-19-11-10-17(9-5-8-15)14(18)16-12-13-6-3-2-4-7-13/h2-4,6-7H,5,9-12H2,1H3,(H,16,18). The van der Waals surface area contributed by atoms with E-state index in [0.717, 1.165) is 5.56 Å². The zero-order valence-electron chi connectivity index (χ0n) is 11.1. The first kappa shape index (κ1) is 15.0. The number of carbonyl (C=O) groups is 1. The Labute approximate surface area is 113 Å². The smallest absolute Gasteiger partial charge is 0.317 e. The Kier molecular flexibility index (Phi) is 7.06. The summed E-state index contributed by atoms with van der Waals surface area (Å²) in [4.78, 5) is 13.6. The third-order valence-electron chi connectivity index (χ3n) is 2.63. The number of amides is 2. The third-order valence-corrected chi connectivity index (χ3v) is 2.63. The van der Waals surface area contributed by atoms with E-state index < -0.39 is 0 Å². The molecule has 0 aromatic heterocycles. The van der Waals surface area contributed by atoms with Crippen molar-refractivity contribution < 1.29 is 9.53 Å². The number of nitriles is 1. The van der Waals surface area contributed by atoms with Crippen LogP contribution in [0.3, 0.4) is 0 Å². The highest BCUT2D eigenvalue weighted by Gasteiger charge is 2.12. The second kappa shape index (κ2) is 8.95. The molecule has 0 fully saturated rings. The van der Waals surface area contributed by atoms with Gasteiger partial charge in [-0.1, -0.05) is 30.3 Å². The number of carbonyl (C=O) groups excluding carboxylic acids is 1. The monoisotopic (exact) mass is 261 g/mol. The molecule has 19 heavy (non-hydrogen) atoms. The van der Waals surface area contributed by atoms with Crippen LogP contribution >= 0.6 is 0 Å². The van der Waals surface area contributed by atoms with Crippen molar-refractivity contribution in [2.75, 3.05) is 26.8 Å². The average molecular weight is 261 g/mol. The van der Waals surface area contributed by atoms with Gasteiger partial charge in [0.1, 0.15) is 0 Å². The molecule has 0 unspecified atom stereocenters. The van der Waals surface area contributed by atoms with Crippen molar-refractivity contribution in [3.05, 3.63) is 35.9 Å². The molecule has 0 radical (unpaired) electrons. The third kappa shape index (κ3) is 5.89. The lowest BCUT2D eigenvalue weighted by Gasteiger charge is -2.21. The van der Waals surface area contributed by atoms with E-state index >= 15 is 0 Å². The van der Waals surface area contributed by atoms with Gasteiger partial charge >= 0.3 is 6.03 Å². The SMILES string of the molecule is COCCN(CCC#N)C(=O)NCc1ccccc1. The summed E-state index contributed by atoms with van der Waals surface area (Å²) >= 11 is 0. The zero-order valence-corrected chi connectivity index (χ0v) is 11.1. The van der Waals surface area contributed by atoms with Crippen LogP contribution in [0.1, 0.15) is 12.0 Å². The molecule has 0 aliphatic heterocycles. The summed E-state index contributed by atoms with van der Waals surface area (Å²) in [5, 5.41) is 11.4. The Morgan fingerprint density at radius 1 is 1.37 bits per heavy atom. The molecule has 0 aliphatic rings. The van der Waals surface area contributed by atoms with E-state index in [4.69, 9.17) is 10.00 Å². The number of methoxy groups -OCH3 is 1. The normalized spacial score (nSPS) is 9.68. The molecule has 0 bridgehead atoms. The highest BCUT2D eigenvalue weighted by atomic mass is 16.5. The molecule has 0 spiro atoms. The highest BCUT2D eigenvalue weighted by Crippen LogP contribution is 1.99. The molecule has 0 saturated carbocycles. The second-order valence-electron chi connectivity index (χ2n) is 4.03. The van der Waals surface area contributed by atoms with Gasteiger partial charge in [0.25, 0.3) is 0 Å². The lowest BCUT2D eigenvalue weighted by Crippen LogP contribution is -2.41. The molecule has 2 amide bonds. The van der Waals surface area contributed by atoms with Crippen molar-refractivity contribution in [3.63, 3.8) is 0 Å².